The van der Waals surface area contributed by atoms with E-state index in [-0.39, 0.29) is 18.1 Å². The van der Waals surface area contributed by atoms with E-state index in [2.05, 4.69) is 43.4 Å². The molecule has 3 aliphatic rings. The normalized spacial score (nSPS) is 18.4. The van der Waals surface area contributed by atoms with Crippen LogP contribution >= 0.6 is 27.3 Å². The molecule has 2 amide bonds. The van der Waals surface area contributed by atoms with Crippen LogP contribution in [-0.4, -0.2) is 41.1 Å². The van der Waals surface area contributed by atoms with Gasteiger partial charge in [-0.05, 0) is 91.4 Å². The van der Waals surface area contributed by atoms with Gasteiger partial charge in [0.15, 0.2) is 0 Å². The van der Waals surface area contributed by atoms with Gasteiger partial charge in [-0.3, -0.25) is 10.2 Å². The monoisotopic (exact) mass is 548 g/mol. The van der Waals surface area contributed by atoms with Crippen LogP contribution < -0.4 is 10.6 Å². The minimum Gasteiger partial charge on any atom is -0.459 e. The summed E-state index contributed by atoms with van der Waals surface area (Å²) in [5, 5.41) is 6.62. The molecule has 1 fully saturated rings. The van der Waals surface area contributed by atoms with E-state index in [4.69, 9.17) is 4.74 Å². The lowest BCUT2D eigenvalue weighted by Crippen LogP contribution is -2.31. The van der Waals surface area contributed by atoms with Crippen molar-refractivity contribution in [2.24, 2.45) is 0 Å². The van der Waals surface area contributed by atoms with Crippen molar-refractivity contribution in [2.45, 2.75) is 83.9 Å². The highest BCUT2D eigenvalue weighted by Crippen LogP contribution is 2.39. The molecule has 0 radical (unpaired) electrons. The summed E-state index contributed by atoms with van der Waals surface area (Å²) in [4.78, 5) is 33.1. The average Bonchev–Trinajstić information content (AvgIpc) is 3.54. The van der Waals surface area contributed by atoms with Crippen molar-refractivity contribution in [3.8, 4) is 0 Å². The van der Waals surface area contributed by atoms with E-state index in [9.17, 15) is 9.59 Å². The van der Waals surface area contributed by atoms with Gasteiger partial charge in [-0.25, -0.2) is 9.59 Å². The number of amides is 2. The van der Waals surface area contributed by atoms with Crippen molar-refractivity contribution >= 4 is 44.3 Å². The smallest absolute Gasteiger partial charge is 0.341 e. The molecule has 3 N–H and O–H groups in total. The Morgan fingerprint density at radius 2 is 1.94 bits per heavy atom. The predicted molar refractivity (Wildman–Crippen MR) is 138 cm³/mol. The maximum Gasteiger partial charge on any atom is 0.341 e. The summed E-state index contributed by atoms with van der Waals surface area (Å²) in [6.45, 7) is 5.57. The highest BCUT2D eigenvalue weighted by atomic mass is 79.9. The Balaban J connectivity index is 1.28. The lowest BCUT2D eigenvalue weighted by molar-refractivity contribution is 0.0318. The van der Waals surface area contributed by atoms with E-state index in [1.54, 1.807) is 0 Å². The topological polar surface area (TPSA) is 86.5 Å². The van der Waals surface area contributed by atoms with Gasteiger partial charge < -0.3 is 15.0 Å². The number of nitrogens with zero attached hydrogens (tertiary/aromatic N) is 1. The third-order valence-corrected chi connectivity index (χ3v) is 9.25. The van der Waals surface area contributed by atoms with E-state index < -0.39 is 0 Å². The number of halogens is 1. The number of likely N-dealkylation sites (N-methyl/N-ethyl adjacent to an activating group) is 1. The minimum absolute atomic E-state index is 0.00840. The molecular weight excluding hydrogens is 516 g/mol. The number of aromatic nitrogens is 1. The Bertz CT molecular complexity index is 1070. The number of carbonyl (C=O) groups excluding carboxylic acids is 2. The molecule has 7 nitrogen and oxygen atoms in total. The number of hydrogen-bond donors (Lipinski definition) is 3. The third-order valence-electron chi connectivity index (χ3n) is 7.37. The first kappa shape index (κ1) is 23.9. The second kappa shape index (κ2) is 10.4. The minimum atomic E-state index is -0.290. The molecule has 0 bridgehead atoms. The van der Waals surface area contributed by atoms with Crippen LogP contribution in [0, 0.1) is 0 Å². The number of esters is 1. The molecule has 9 heteroatoms. The fourth-order valence-electron chi connectivity index (χ4n) is 5.46. The Hall–Kier alpha value is -1.84. The predicted octanol–water partition coefficient (Wildman–Crippen LogP) is 5.52. The number of hydrogen-bond acceptors (Lipinski definition) is 5. The third kappa shape index (κ3) is 4.93. The molecule has 34 heavy (non-hydrogen) atoms. The molecule has 2 aromatic heterocycles. The number of fused-ring (bicyclic) bond motifs is 2. The van der Waals surface area contributed by atoms with Crippen molar-refractivity contribution in [3.05, 3.63) is 37.4 Å². The number of rotatable bonds is 6. The molecule has 5 rings (SSSR count). The number of thiophene rings is 1. The maximum atomic E-state index is 13.1. The number of aryl methyl sites for hydroxylation is 1. The summed E-state index contributed by atoms with van der Waals surface area (Å²) in [5.74, 6) is -0.274. The van der Waals surface area contributed by atoms with Gasteiger partial charge in [-0.2, -0.15) is 0 Å². The second-order valence-electron chi connectivity index (χ2n) is 9.53. The molecule has 1 saturated carbocycles. The van der Waals surface area contributed by atoms with Crippen LogP contribution in [0.3, 0.4) is 0 Å². The molecule has 0 saturated heterocycles. The van der Waals surface area contributed by atoms with E-state index in [1.165, 1.54) is 27.5 Å². The molecule has 2 aromatic rings. The van der Waals surface area contributed by atoms with Gasteiger partial charge in [-0.1, -0.05) is 6.92 Å². The summed E-state index contributed by atoms with van der Waals surface area (Å²) >= 11 is 5.18. The SMILES string of the molecule is CCN1CCc2c([nH]c(Br)c2CNC(=O)Nc2sc3c(c2C(=O)OC2CCCC2)CCCC3)C1. The van der Waals surface area contributed by atoms with Gasteiger partial charge in [-0.15, -0.1) is 11.3 Å². The van der Waals surface area contributed by atoms with Crippen LogP contribution in [0.5, 0.6) is 0 Å². The first-order chi connectivity index (χ1) is 16.5. The summed E-state index contributed by atoms with van der Waals surface area (Å²) in [6, 6.07) is -0.290. The molecule has 0 unspecified atom stereocenters. The summed E-state index contributed by atoms with van der Waals surface area (Å²) in [7, 11) is 0. The summed E-state index contributed by atoms with van der Waals surface area (Å²) in [6.07, 6.45) is 9.11. The Labute approximate surface area is 213 Å². The zero-order valence-corrected chi connectivity index (χ0v) is 22.1. The first-order valence-corrected chi connectivity index (χ1v) is 14.1. The molecule has 1 aliphatic heterocycles. The fourth-order valence-corrected chi connectivity index (χ4v) is 7.36. The molecule has 0 atom stereocenters. The van der Waals surface area contributed by atoms with Gasteiger partial charge >= 0.3 is 12.0 Å². The molecule has 3 heterocycles. The van der Waals surface area contributed by atoms with Crippen molar-refractivity contribution in [3.63, 3.8) is 0 Å². The maximum absolute atomic E-state index is 13.1. The van der Waals surface area contributed by atoms with Crippen molar-refractivity contribution in [2.75, 3.05) is 18.4 Å². The zero-order valence-electron chi connectivity index (χ0n) is 19.7. The van der Waals surface area contributed by atoms with E-state index in [0.29, 0.717) is 17.1 Å². The van der Waals surface area contributed by atoms with Gasteiger partial charge in [0.2, 0.25) is 0 Å². The van der Waals surface area contributed by atoms with Crippen LogP contribution in [0.4, 0.5) is 9.80 Å². The lowest BCUT2D eigenvalue weighted by atomic mass is 9.95. The van der Waals surface area contributed by atoms with Gasteiger partial charge in [0.25, 0.3) is 0 Å². The van der Waals surface area contributed by atoms with Gasteiger partial charge in [0.05, 0.1) is 10.2 Å². The van der Waals surface area contributed by atoms with Crippen molar-refractivity contribution in [1.29, 1.82) is 0 Å². The number of nitrogens with one attached hydrogen (secondary N) is 3. The van der Waals surface area contributed by atoms with E-state index in [0.717, 1.165) is 93.2 Å². The number of urea groups is 1. The number of ether oxygens (including phenoxy) is 1. The second-order valence-corrected chi connectivity index (χ2v) is 11.4. The quantitative estimate of drug-likeness (QED) is 0.415. The summed E-state index contributed by atoms with van der Waals surface area (Å²) in [5.41, 5.74) is 5.29. The fraction of sp³-hybridized carbons (Fsp3) is 0.600. The van der Waals surface area contributed by atoms with Gasteiger partial charge in [0, 0.05) is 35.8 Å². The molecule has 0 spiro atoms. The average molecular weight is 550 g/mol. The van der Waals surface area contributed by atoms with E-state index >= 15 is 0 Å². The Morgan fingerprint density at radius 1 is 1.15 bits per heavy atom. The van der Waals surface area contributed by atoms with Crippen LogP contribution in [0.25, 0.3) is 0 Å². The molecule has 184 valence electrons. The molecular formula is C25H33BrN4O3S. The van der Waals surface area contributed by atoms with Crippen LogP contribution in [-0.2, 0) is 37.1 Å². The molecule has 0 aromatic carbocycles. The Kier molecular flexibility index (Phi) is 7.32. The largest absolute Gasteiger partial charge is 0.459 e. The number of aromatic amines is 1. The summed E-state index contributed by atoms with van der Waals surface area (Å²) < 4.78 is 6.77. The first-order valence-electron chi connectivity index (χ1n) is 12.5. The van der Waals surface area contributed by atoms with E-state index in [1.807, 2.05) is 0 Å². The van der Waals surface area contributed by atoms with Crippen molar-refractivity contribution in [1.82, 2.24) is 15.2 Å². The number of H-pyrrole nitrogens is 1. The standard InChI is InChI=1S/C25H33BrN4O3S/c1-2-30-12-11-16-18(22(26)28-19(16)14-30)13-27-25(32)29-23-21(17-9-5-6-10-20(17)34-23)24(31)33-15-7-3-4-8-15/h15,28H,2-14H2,1H3,(H2,27,29,32). The lowest BCUT2D eigenvalue weighted by Gasteiger charge is -2.25. The van der Waals surface area contributed by atoms with Crippen LogP contribution in [0.2, 0.25) is 0 Å². The number of carbonyl (C=O) groups is 2. The molecule has 2 aliphatic carbocycles. The highest BCUT2D eigenvalue weighted by molar-refractivity contribution is 9.10. The van der Waals surface area contributed by atoms with Crippen molar-refractivity contribution < 1.29 is 14.3 Å². The Morgan fingerprint density at radius 3 is 2.74 bits per heavy atom. The number of anilines is 1. The van der Waals surface area contributed by atoms with Crippen LogP contribution in [0.1, 0.15) is 83.1 Å². The zero-order chi connectivity index (χ0) is 23.7. The van der Waals surface area contributed by atoms with Gasteiger partial charge in [0.1, 0.15) is 11.1 Å². The van der Waals surface area contributed by atoms with Crippen LogP contribution in [0.15, 0.2) is 4.60 Å². The highest BCUT2D eigenvalue weighted by Gasteiger charge is 2.30.